The molecule has 0 aromatic carbocycles. The molecular formula is C10H18N2O2. The first-order chi connectivity index (χ1) is 6.65. The summed E-state index contributed by atoms with van der Waals surface area (Å²) in [5.74, 6) is -0.114. The third-order valence-electron chi connectivity index (χ3n) is 2.00. The van der Waals surface area contributed by atoms with Crippen molar-refractivity contribution in [2.24, 2.45) is 5.92 Å². The van der Waals surface area contributed by atoms with Gasteiger partial charge in [0.05, 0.1) is 12.0 Å². The van der Waals surface area contributed by atoms with Crippen LogP contribution in [0.4, 0.5) is 0 Å². The van der Waals surface area contributed by atoms with Crippen molar-refractivity contribution in [3.8, 4) is 6.07 Å². The molecule has 4 heteroatoms. The molecule has 0 aliphatic carbocycles. The molecule has 0 heterocycles. The van der Waals surface area contributed by atoms with Crippen LogP contribution in [0.2, 0.25) is 0 Å². The molecule has 0 fully saturated rings. The van der Waals surface area contributed by atoms with Gasteiger partial charge in [0.15, 0.2) is 0 Å². The highest BCUT2D eigenvalue weighted by Gasteiger charge is 2.13. The average molecular weight is 198 g/mol. The van der Waals surface area contributed by atoms with Crippen molar-refractivity contribution in [2.75, 3.05) is 19.7 Å². The Kier molecular flexibility index (Phi) is 6.77. The summed E-state index contributed by atoms with van der Waals surface area (Å²) in [7, 11) is 0. The van der Waals surface area contributed by atoms with E-state index in [0.717, 1.165) is 0 Å². The Morgan fingerprint density at radius 3 is 2.71 bits per heavy atom. The van der Waals surface area contributed by atoms with Crippen molar-refractivity contribution in [3.05, 3.63) is 0 Å². The van der Waals surface area contributed by atoms with Gasteiger partial charge in [-0.1, -0.05) is 0 Å². The van der Waals surface area contributed by atoms with Gasteiger partial charge in [-0.2, -0.15) is 5.26 Å². The van der Waals surface area contributed by atoms with Gasteiger partial charge in [0.25, 0.3) is 0 Å². The fourth-order valence-corrected chi connectivity index (χ4v) is 1.17. The SMILES string of the molecule is CCN(CC(C)C#N)C(=O)CCCO. The van der Waals surface area contributed by atoms with E-state index in [9.17, 15) is 4.79 Å². The van der Waals surface area contributed by atoms with Crippen LogP contribution in [0.15, 0.2) is 0 Å². The van der Waals surface area contributed by atoms with E-state index in [2.05, 4.69) is 6.07 Å². The van der Waals surface area contributed by atoms with Crippen LogP contribution in [-0.2, 0) is 4.79 Å². The second-order valence-corrected chi connectivity index (χ2v) is 3.29. The van der Waals surface area contributed by atoms with Gasteiger partial charge in [-0.05, 0) is 20.3 Å². The molecule has 1 unspecified atom stereocenters. The van der Waals surface area contributed by atoms with E-state index < -0.39 is 0 Å². The summed E-state index contributed by atoms with van der Waals surface area (Å²) < 4.78 is 0. The highest BCUT2D eigenvalue weighted by atomic mass is 16.3. The van der Waals surface area contributed by atoms with Crippen molar-refractivity contribution < 1.29 is 9.90 Å². The monoisotopic (exact) mass is 198 g/mol. The molecular weight excluding hydrogens is 180 g/mol. The van der Waals surface area contributed by atoms with Crippen LogP contribution in [0.1, 0.15) is 26.7 Å². The highest BCUT2D eigenvalue weighted by Crippen LogP contribution is 2.02. The Morgan fingerprint density at radius 1 is 1.64 bits per heavy atom. The normalized spacial score (nSPS) is 11.9. The Labute approximate surface area is 85.1 Å². The average Bonchev–Trinajstić information content (AvgIpc) is 2.21. The summed E-state index contributed by atoms with van der Waals surface area (Å²) in [6, 6.07) is 2.10. The molecule has 0 saturated carbocycles. The molecule has 0 rings (SSSR count). The number of carbonyl (C=O) groups is 1. The van der Waals surface area contributed by atoms with Gasteiger partial charge in [0.2, 0.25) is 5.91 Å². The molecule has 1 atom stereocenters. The van der Waals surface area contributed by atoms with Gasteiger partial charge in [-0.3, -0.25) is 4.79 Å². The van der Waals surface area contributed by atoms with E-state index in [0.29, 0.717) is 25.9 Å². The second kappa shape index (κ2) is 7.34. The lowest BCUT2D eigenvalue weighted by Crippen LogP contribution is -2.34. The van der Waals surface area contributed by atoms with E-state index in [-0.39, 0.29) is 18.4 Å². The van der Waals surface area contributed by atoms with Gasteiger partial charge in [-0.15, -0.1) is 0 Å². The summed E-state index contributed by atoms with van der Waals surface area (Å²) in [5, 5.41) is 17.2. The molecule has 0 radical (unpaired) electrons. The third-order valence-corrected chi connectivity index (χ3v) is 2.00. The summed E-state index contributed by atoms with van der Waals surface area (Å²) in [5.41, 5.74) is 0. The molecule has 0 aromatic rings. The molecule has 1 amide bonds. The van der Waals surface area contributed by atoms with Crippen LogP contribution < -0.4 is 0 Å². The maximum atomic E-state index is 11.5. The molecule has 1 N–H and O–H groups in total. The van der Waals surface area contributed by atoms with Gasteiger partial charge in [0.1, 0.15) is 0 Å². The zero-order valence-corrected chi connectivity index (χ0v) is 8.86. The predicted octanol–water partition coefficient (Wildman–Crippen LogP) is 0.767. The van der Waals surface area contributed by atoms with Crippen molar-refractivity contribution in [1.82, 2.24) is 4.90 Å². The number of amides is 1. The number of rotatable bonds is 6. The zero-order chi connectivity index (χ0) is 11.0. The van der Waals surface area contributed by atoms with Gasteiger partial charge >= 0.3 is 0 Å². The van der Waals surface area contributed by atoms with Crippen molar-refractivity contribution in [1.29, 1.82) is 5.26 Å². The molecule has 0 aliphatic rings. The van der Waals surface area contributed by atoms with Crippen LogP contribution in [0.25, 0.3) is 0 Å². The summed E-state index contributed by atoms with van der Waals surface area (Å²) >= 11 is 0. The lowest BCUT2D eigenvalue weighted by Gasteiger charge is -2.21. The molecule has 80 valence electrons. The number of aliphatic hydroxyl groups is 1. The molecule has 0 aromatic heterocycles. The highest BCUT2D eigenvalue weighted by molar-refractivity contribution is 5.76. The lowest BCUT2D eigenvalue weighted by atomic mass is 10.2. The first-order valence-corrected chi connectivity index (χ1v) is 4.93. The molecule has 4 nitrogen and oxygen atoms in total. The van der Waals surface area contributed by atoms with Gasteiger partial charge in [-0.25, -0.2) is 0 Å². The summed E-state index contributed by atoms with van der Waals surface area (Å²) in [6.45, 7) is 4.83. The number of nitriles is 1. The smallest absolute Gasteiger partial charge is 0.222 e. The number of carbonyl (C=O) groups excluding carboxylic acids is 1. The minimum Gasteiger partial charge on any atom is -0.396 e. The summed E-state index contributed by atoms with van der Waals surface area (Å²) in [4.78, 5) is 13.1. The largest absolute Gasteiger partial charge is 0.396 e. The Balaban J connectivity index is 4.00. The fourth-order valence-electron chi connectivity index (χ4n) is 1.17. The number of aliphatic hydroxyl groups excluding tert-OH is 1. The molecule has 0 bridgehead atoms. The number of nitrogens with zero attached hydrogens (tertiary/aromatic N) is 2. The van der Waals surface area contributed by atoms with Crippen LogP contribution in [0.3, 0.4) is 0 Å². The Hall–Kier alpha value is -1.08. The van der Waals surface area contributed by atoms with E-state index in [1.807, 2.05) is 6.92 Å². The van der Waals surface area contributed by atoms with Crippen LogP contribution in [0.5, 0.6) is 0 Å². The van der Waals surface area contributed by atoms with Crippen LogP contribution >= 0.6 is 0 Å². The standard InChI is InChI=1S/C10H18N2O2/c1-3-12(8-9(2)7-11)10(14)5-4-6-13/h9,13H,3-6,8H2,1-2H3. The molecule has 14 heavy (non-hydrogen) atoms. The van der Waals surface area contributed by atoms with Crippen molar-refractivity contribution >= 4 is 5.91 Å². The maximum Gasteiger partial charge on any atom is 0.222 e. The lowest BCUT2D eigenvalue weighted by molar-refractivity contribution is -0.131. The minimum absolute atomic E-state index is 0.0173. The van der Waals surface area contributed by atoms with Gasteiger partial charge in [0, 0.05) is 26.1 Å². The third kappa shape index (κ3) is 4.83. The van der Waals surface area contributed by atoms with E-state index in [1.165, 1.54) is 0 Å². The minimum atomic E-state index is -0.131. The quantitative estimate of drug-likeness (QED) is 0.685. The maximum absolute atomic E-state index is 11.5. The molecule has 0 aliphatic heterocycles. The van der Waals surface area contributed by atoms with E-state index >= 15 is 0 Å². The fraction of sp³-hybridized carbons (Fsp3) is 0.800. The van der Waals surface area contributed by atoms with Crippen molar-refractivity contribution in [3.63, 3.8) is 0 Å². The molecule has 0 spiro atoms. The van der Waals surface area contributed by atoms with Gasteiger partial charge < -0.3 is 10.0 Å². The predicted molar refractivity (Wildman–Crippen MR) is 53.4 cm³/mol. The van der Waals surface area contributed by atoms with E-state index in [4.69, 9.17) is 10.4 Å². The van der Waals surface area contributed by atoms with E-state index in [1.54, 1.807) is 11.8 Å². The topological polar surface area (TPSA) is 64.3 Å². The zero-order valence-electron chi connectivity index (χ0n) is 8.86. The first kappa shape index (κ1) is 12.9. The van der Waals surface area contributed by atoms with Crippen molar-refractivity contribution in [2.45, 2.75) is 26.7 Å². The van der Waals surface area contributed by atoms with Crippen LogP contribution in [-0.4, -0.2) is 35.6 Å². The van der Waals surface area contributed by atoms with Crippen LogP contribution in [0, 0.1) is 17.2 Å². The Morgan fingerprint density at radius 2 is 2.29 bits per heavy atom. The second-order valence-electron chi connectivity index (χ2n) is 3.29. The number of hydrogen-bond donors (Lipinski definition) is 1. The first-order valence-electron chi connectivity index (χ1n) is 4.93. The molecule has 0 saturated heterocycles. The Bertz CT molecular complexity index is 211. The summed E-state index contributed by atoms with van der Waals surface area (Å²) in [6.07, 6.45) is 0.860. The number of hydrogen-bond acceptors (Lipinski definition) is 3.